The molecule has 0 heteroatoms. The molecule has 0 unspecified atom stereocenters. The van der Waals surface area contributed by atoms with Crippen LogP contribution in [0, 0.1) is 0 Å². The maximum Gasteiger partial charge on any atom is 0.0165 e. The van der Waals surface area contributed by atoms with Gasteiger partial charge in [0.1, 0.15) is 0 Å². The smallest absolute Gasteiger partial charge is 0.0165 e. The normalized spacial score (nSPS) is 13.2. The van der Waals surface area contributed by atoms with Crippen molar-refractivity contribution in [2.24, 2.45) is 0 Å². The Labute approximate surface area is 662 Å². The molecule has 24 rings (SSSR count). The van der Waals surface area contributed by atoms with Crippen LogP contribution in [0.5, 0.6) is 0 Å². The number of hydrogen-bond acceptors (Lipinski definition) is 0. The summed E-state index contributed by atoms with van der Waals surface area (Å²) in [5.41, 5.74) is 26.0. The van der Waals surface area contributed by atoms with Crippen LogP contribution in [0.2, 0.25) is 0 Å². The molecular weight excluding hydrogens is 1370 g/mol. The Balaban J connectivity index is 0.000000135. The van der Waals surface area contributed by atoms with E-state index in [1.165, 1.54) is 241 Å². The summed E-state index contributed by atoms with van der Waals surface area (Å²) in [5.74, 6) is 0. The van der Waals surface area contributed by atoms with E-state index in [0.29, 0.717) is 0 Å². The Morgan fingerprint density at radius 2 is 0.386 bits per heavy atom. The average molecular weight is 1450 g/mol. The highest BCUT2D eigenvalue weighted by Crippen LogP contribution is 2.59. The lowest BCUT2D eigenvalue weighted by Crippen LogP contribution is -2.15. The molecule has 0 heterocycles. The van der Waals surface area contributed by atoms with E-state index in [4.69, 9.17) is 0 Å². The van der Waals surface area contributed by atoms with Crippen molar-refractivity contribution in [3.05, 3.63) is 411 Å². The van der Waals surface area contributed by atoms with Gasteiger partial charge in [-0.05, 0) is 265 Å². The van der Waals surface area contributed by atoms with Gasteiger partial charge in [0, 0.05) is 10.8 Å². The van der Waals surface area contributed by atoms with Crippen molar-refractivity contribution in [1.82, 2.24) is 0 Å². The Morgan fingerprint density at radius 3 is 0.772 bits per heavy atom. The molecule has 0 fully saturated rings. The lowest BCUT2D eigenvalue weighted by atomic mass is 9.79. The summed E-state index contributed by atoms with van der Waals surface area (Å²) in [7, 11) is 0. The van der Waals surface area contributed by atoms with Gasteiger partial charge in [0.05, 0.1) is 0 Å². The van der Waals surface area contributed by atoms with Gasteiger partial charge in [-0.15, -0.1) is 0 Å². The molecule has 114 heavy (non-hydrogen) atoms. The number of hydrogen-bond donors (Lipinski definition) is 0. The molecule has 0 aliphatic heterocycles. The molecule has 0 saturated carbocycles. The Morgan fingerprint density at radius 1 is 0.140 bits per heavy atom. The third kappa shape index (κ3) is 9.65. The second-order valence-electron chi connectivity index (χ2n) is 32.6. The molecule has 0 atom stereocenters. The zero-order valence-electron chi connectivity index (χ0n) is 64.0. The van der Waals surface area contributed by atoms with Crippen LogP contribution in [0.15, 0.2) is 388 Å². The summed E-state index contributed by atoms with van der Waals surface area (Å²) in [6.45, 7) is 9.64. The molecule has 0 radical (unpaired) electrons. The molecule has 532 valence electrons. The molecule has 2 aliphatic rings. The Bertz CT molecular complexity index is 7780. The van der Waals surface area contributed by atoms with Gasteiger partial charge in [0.2, 0.25) is 0 Å². The van der Waals surface area contributed by atoms with Gasteiger partial charge in [0.25, 0.3) is 0 Å². The fraction of sp³-hybridized carbons (Fsp3) is 0.0526. The van der Waals surface area contributed by atoms with E-state index in [0.717, 1.165) is 0 Å². The van der Waals surface area contributed by atoms with E-state index in [1.54, 1.807) is 0 Å². The minimum Gasteiger partial charge on any atom is -0.0616 e. The predicted molar refractivity (Wildman–Crippen MR) is 491 cm³/mol. The van der Waals surface area contributed by atoms with Crippen LogP contribution in [0.1, 0.15) is 49.9 Å². The molecule has 22 aromatic rings. The Kier molecular flexibility index (Phi) is 14.6. The predicted octanol–water partition coefficient (Wildman–Crippen LogP) is 31.8. The van der Waals surface area contributed by atoms with Crippen molar-refractivity contribution in [3.8, 4) is 89.0 Å². The molecule has 0 N–H and O–H groups in total. The largest absolute Gasteiger partial charge is 0.0616 e. The van der Waals surface area contributed by atoms with E-state index in [-0.39, 0.29) is 10.8 Å². The van der Waals surface area contributed by atoms with Crippen molar-refractivity contribution in [2.75, 3.05) is 0 Å². The molecule has 0 spiro atoms. The molecule has 22 aromatic carbocycles. The molecule has 0 amide bonds. The van der Waals surface area contributed by atoms with Crippen LogP contribution in [0.3, 0.4) is 0 Å². The first-order valence-electron chi connectivity index (χ1n) is 40.2. The lowest BCUT2D eigenvalue weighted by Gasteiger charge is -2.24. The second kappa shape index (κ2) is 25.2. The van der Waals surface area contributed by atoms with Crippen molar-refractivity contribution in [1.29, 1.82) is 0 Å². The summed E-state index contributed by atoms with van der Waals surface area (Å²) in [5, 5.41) is 31.1. The fourth-order valence-corrected chi connectivity index (χ4v) is 21.1. The first-order chi connectivity index (χ1) is 56.1. The standard InChI is InChI=1S/2C57H38/c1-57(2)52-32-31-36(34-51(52)55-44-25-11-7-20-39(44)40-21-9-16-30-49(40)56(55)57)53-45-26-12-14-28-47(45)54(48-29-15-13-27-46(48)53)43-24-10-8-23-42(43)50-33-35-17-3-4-18-37(35)38-19-5-6-22-41(38)50;1-57(2)52-32-31-38(34-51(52)55-44-21-9-7-18-41(44)42-19-8-14-26-49(42)56(55)57)54-47-24-12-10-22-45(47)53(46-23-11-13-25-48(46)54)36-29-27-35(28-30-36)50-33-37-15-3-4-16-39(37)40-17-5-6-20-43(40)50/h2*3-34H,1-2H3. The SMILES string of the molecule is CC1(C)c2ccc(-c3c4ccccc4c(-c4ccc(-c5cc6ccccc6c6ccccc56)cc4)c4ccccc34)cc2-c2c1c1ccccc1c1ccccc21.CC1(C)c2ccc(-c3c4ccccc4c(-c4ccccc4-c4cc5ccccc5c5ccccc45)c4ccccc34)cc2-c2c1c1ccccc1c1ccccc21. The van der Waals surface area contributed by atoms with Gasteiger partial charge in [-0.25, -0.2) is 0 Å². The summed E-state index contributed by atoms with van der Waals surface area (Å²) >= 11 is 0. The number of benzene rings is 22. The van der Waals surface area contributed by atoms with Gasteiger partial charge in [-0.3, -0.25) is 0 Å². The zero-order valence-corrected chi connectivity index (χ0v) is 64.0. The number of fused-ring (bicyclic) bond motifs is 26. The van der Waals surface area contributed by atoms with Gasteiger partial charge in [0.15, 0.2) is 0 Å². The van der Waals surface area contributed by atoms with Gasteiger partial charge in [-0.1, -0.05) is 392 Å². The highest BCUT2D eigenvalue weighted by Gasteiger charge is 2.41. The molecule has 0 nitrogen and oxygen atoms in total. The third-order valence-corrected chi connectivity index (χ3v) is 26.0. The van der Waals surface area contributed by atoms with E-state index in [9.17, 15) is 0 Å². The van der Waals surface area contributed by atoms with E-state index in [1.807, 2.05) is 0 Å². The highest BCUT2D eigenvalue weighted by molar-refractivity contribution is 6.27. The summed E-state index contributed by atoms with van der Waals surface area (Å²) in [6.07, 6.45) is 0. The van der Waals surface area contributed by atoms with Crippen molar-refractivity contribution in [3.63, 3.8) is 0 Å². The minimum atomic E-state index is -0.141. The summed E-state index contributed by atoms with van der Waals surface area (Å²) in [6, 6.07) is 145. The van der Waals surface area contributed by atoms with Crippen molar-refractivity contribution >= 4 is 129 Å². The van der Waals surface area contributed by atoms with E-state index in [2.05, 4.69) is 416 Å². The van der Waals surface area contributed by atoms with E-state index >= 15 is 0 Å². The monoisotopic (exact) mass is 1440 g/mol. The minimum absolute atomic E-state index is 0.133. The first kappa shape index (κ1) is 65.8. The van der Waals surface area contributed by atoms with Crippen LogP contribution in [-0.2, 0) is 10.8 Å². The molecule has 0 saturated heterocycles. The van der Waals surface area contributed by atoms with Crippen LogP contribution in [-0.4, -0.2) is 0 Å². The third-order valence-electron chi connectivity index (χ3n) is 26.0. The van der Waals surface area contributed by atoms with E-state index < -0.39 is 0 Å². The second-order valence-corrected chi connectivity index (χ2v) is 32.6. The fourth-order valence-electron chi connectivity index (χ4n) is 21.1. The molecule has 0 bridgehead atoms. The average Bonchev–Trinajstić information content (AvgIpc) is 1.51. The molecular formula is C114H76. The lowest BCUT2D eigenvalue weighted by molar-refractivity contribution is 0.666. The van der Waals surface area contributed by atoms with Gasteiger partial charge in [-0.2, -0.15) is 0 Å². The van der Waals surface area contributed by atoms with Gasteiger partial charge >= 0.3 is 0 Å². The summed E-state index contributed by atoms with van der Waals surface area (Å²) < 4.78 is 0. The maximum atomic E-state index is 2.51. The van der Waals surface area contributed by atoms with Crippen LogP contribution < -0.4 is 0 Å². The molecule has 0 aromatic heterocycles. The zero-order chi connectivity index (χ0) is 75.7. The first-order valence-corrected chi connectivity index (χ1v) is 40.2. The van der Waals surface area contributed by atoms with Crippen molar-refractivity contribution < 1.29 is 0 Å². The van der Waals surface area contributed by atoms with Crippen molar-refractivity contribution in [2.45, 2.75) is 38.5 Å². The van der Waals surface area contributed by atoms with Crippen LogP contribution in [0.25, 0.3) is 218 Å². The molecule has 2 aliphatic carbocycles. The highest BCUT2D eigenvalue weighted by atomic mass is 14.4. The Hall–Kier alpha value is -14.0. The topological polar surface area (TPSA) is 0 Å². The van der Waals surface area contributed by atoms with Gasteiger partial charge < -0.3 is 0 Å². The van der Waals surface area contributed by atoms with Crippen LogP contribution in [0.4, 0.5) is 0 Å². The summed E-state index contributed by atoms with van der Waals surface area (Å²) in [4.78, 5) is 0. The number of rotatable bonds is 6. The van der Waals surface area contributed by atoms with Crippen LogP contribution >= 0.6 is 0 Å². The quantitative estimate of drug-likeness (QED) is 0.115. The maximum absolute atomic E-state index is 2.51.